The Kier molecular flexibility index (Phi) is 4.35. The molecule has 1 N–H and O–H groups in total. The first-order valence-corrected chi connectivity index (χ1v) is 8.79. The van der Waals surface area contributed by atoms with E-state index in [-0.39, 0.29) is 5.91 Å². The summed E-state index contributed by atoms with van der Waals surface area (Å²) < 4.78 is 0. The molecule has 3 rings (SSSR count). The molecular weight excluding hydrogens is 266 g/mol. The summed E-state index contributed by atoms with van der Waals surface area (Å²) in [6.07, 6.45) is 5.28. The zero-order valence-corrected chi connectivity index (χ0v) is 12.9. The number of rotatable bonds is 5. The number of carbonyl (C=O) groups is 1. The van der Waals surface area contributed by atoms with Crippen LogP contribution < -0.4 is 5.32 Å². The van der Waals surface area contributed by atoms with E-state index in [1.54, 1.807) is 11.8 Å². The normalized spacial score (nSPS) is 27.8. The molecule has 0 aromatic heterocycles. The number of thioether (sulfide) groups is 1. The molecular formula is C17H23NOS. The van der Waals surface area contributed by atoms with Crippen molar-refractivity contribution in [1.29, 1.82) is 0 Å². The van der Waals surface area contributed by atoms with Gasteiger partial charge in [-0.25, -0.2) is 0 Å². The summed E-state index contributed by atoms with van der Waals surface area (Å²) in [5.41, 5.74) is 2.65. The molecule has 2 bridgehead atoms. The van der Waals surface area contributed by atoms with E-state index >= 15 is 0 Å². The van der Waals surface area contributed by atoms with E-state index in [1.165, 1.54) is 36.8 Å². The fourth-order valence-electron chi connectivity index (χ4n) is 3.70. The SMILES string of the molecule is Cc1ccccc1CSCC(=O)N[C@H]1C[C@@H]2CC[C@@H]1C2. The third kappa shape index (κ3) is 3.20. The van der Waals surface area contributed by atoms with Gasteiger partial charge in [0.2, 0.25) is 5.91 Å². The van der Waals surface area contributed by atoms with Crippen molar-refractivity contribution in [2.75, 3.05) is 5.75 Å². The molecule has 20 heavy (non-hydrogen) atoms. The predicted molar refractivity (Wildman–Crippen MR) is 84.7 cm³/mol. The number of hydrogen-bond donors (Lipinski definition) is 1. The van der Waals surface area contributed by atoms with Crippen LogP contribution >= 0.6 is 11.8 Å². The molecule has 1 aromatic rings. The average molecular weight is 289 g/mol. The monoisotopic (exact) mass is 289 g/mol. The van der Waals surface area contributed by atoms with Crippen molar-refractivity contribution in [3.63, 3.8) is 0 Å². The topological polar surface area (TPSA) is 29.1 Å². The fraction of sp³-hybridized carbons (Fsp3) is 0.588. The maximum absolute atomic E-state index is 12.0. The Morgan fingerprint density at radius 3 is 2.85 bits per heavy atom. The maximum Gasteiger partial charge on any atom is 0.230 e. The van der Waals surface area contributed by atoms with Gasteiger partial charge >= 0.3 is 0 Å². The van der Waals surface area contributed by atoms with Crippen LogP contribution in [-0.4, -0.2) is 17.7 Å². The second kappa shape index (κ2) is 6.21. The number of aryl methyl sites for hydroxylation is 1. The Morgan fingerprint density at radius 1 is 1.30 bits per heavy atom. The van der Waals surface area contributed by atoms with Gasteiger partial charge in [-0.05, 0) is 49.1 Å². The van der Waals surface area contributed by atoms with E-state index in [1.807, 2.05) is 0 Å². The van der Waals surface area contributed by atoms with Gasteiger partial charge in [0.1, 0.15) is 0 Å². The summed E-state index contributed by atoms with van der Waals surface area (Å²) >= 11 is 1.72. The molecule has 0 heterocycles. The molecule has 0 spiro atoms. The Balaban J connectivity index is 1.40. The molecule has 108 valence electrons. The van der Waals surface area contributed by atoms with Gasteiger partial charge in [-0.15, -0.1) is 11.8 Å². The summed E-state index contributed by atoms with van der Waals surface area (Å²) in [6, 6.07) is 8.88. The number of amides is 1. The minimum absolute atomic E-state index is 0.223. The number of nitrogens with one attached hydrogen (secondary N) is 1. The third-order valence-electron chi connectivity index (χ3n) is 4.84. The molecule has 0 unspecified atom stereocenters. The van der Waals surface area contributed by atoms with E-state index in [0.717, 1.165) is 17.6 Å². The van der Waals surface area contributed by atoms with Gasteiger partial charge in [0.05, 0.1) is 5.75 Å². The quantitative estimate of drug-likeness (QED) is 0.898. The molecule has 1 amide bonds. The predicted octanol–water partition coefficient (Wildman–Crippen LogP) is 3.53. The lowest BCUT2D eigenvalue weighted by molar-refractivity contribution is -0.119. The Labute approximate surface area is 125 Å². The van der Waals surface area contributed by atoms with Crippen LogP contribution in [0.5, 0.6) is 0 Å². The highest BCUT2D eigenvalue weighted by molar-refractivity contribution is 7.99. The lowest BCUT2D eigenvalue weighted by Crippen LogP contribution is -2.39. The number of benzene rings is 1. The lowest BCUT2D eigenvalue weighted by atomic mass is 9.95. The minimum Gasteiger partial charge on any atom is -0.352 e. The molecule has 2 nitrogen and oxygen atoms in total. The van der Waals surface area contributed by atoms with Gasteiger partial charge in [0.15, 0.2) is 0 Å². The van der Waals surface area contributed by atoms with Crippen LogP contribution in [0.25, 0.3) is 0 Å². The van der Waals surface area contributed by atoms with Gasteiger partial charge in [0.25, 0.3) is 0 Å². The van der Waals surface area contributed by atoms with Gasteiger partial charge in [-0.3, -0.25) is 4.79 Å². The van der Waals surface area contributed by atoms with Crippen molar-refractivity contribution in [1.82, 2.24) is 5.32 Å². The molecule has 3 heteroatoms. The molecule has 0 aliphatic heterocycles. The lowest BCUT2D eigenvalue weighted by Gasteiger charge is -2.22. The molecule has 2 aliphatic carbocycles. The first kappa shape index (κ1) is 14.0. The molecule has 2 fully saturated rings. The van der Waals surface area contributed by atoms with Crippen LogP contribution in [0.15, 0.2) is 24.3 Å². The number of fused-ring (bicyclic) bond motifs is 2. The molecule has 2 saturated carbocycles. The van der Waals surface area contributed by atoms with Gasteiger partial charge in [-0.1, -0.05) is 30.7 Å². The van der Waals surface area contributed by atoms with Crippen molar-refractivity contribution < 1.29 is 4.79 Å². The van der Waals surface area contributed by atoms with Crippen LogP contribution in [0.2, 0.25) is 0 Å². The highest BCUT2D eigenvalue weighted by atomic mass is 32.2. The van der Waals surface area contributed by atoms with Gasteiger partial charge in [0, 0.05) is 11.8 Å². The van der Waals surface area contributed by atoms with Crippen LogP contribution in [0, 0.1) is 18.8 Å². The second-order valence-corrected chi connectivity index (χ2v) is 7.25. The zero-order valence-electron chi connectivity index (χ0n) is 12.1. The summed E-state index contributed by atoms with van der Waals surface area (Å²) in [5.74, 6) is 3.40. The first-order chi connectivity index (χ1) is 9.72. The van der Waals surface area contributed by atoms with E-state index in [0.29, 0.717) is 11.8 Å². The molecule has 3 atom stereocenters. The number of hydrogen-bond acceptors (Lipinski definition) is 2. The van der Waals surface area contributed by atoms with E-state index in [4.69, 9.17) is 0 Å². The largest absolute Gasteiger partial charge is 0.352 e. The van der Waals surface area contributed by atoms with Crippen LogP contribution in [0.1, 0.15) is 36.8 Å². The highest BCUT2D eigenvalue weighted by Crippen LogP contribution is 2.44. The zero-order chi connectivity index (χ0) is 13.9. The highest BCUT2D eigenvalue weighted by Gasteiger charge is 2.39. The van der Waals surface area contributed by atoms with Crippen molar-refractivity contribution in [3.8, 4) is 0 Å². The Bertz CT molecular complexity index is 488. The van der Waals surface area contributed by atoms with Crippen molar-refractivity contribution in [2.24, 2.45) is 11.8 Å². The van der Waals surface area contributed by atoms with E-state index in [2.05, 4.69) is 36.5 Å². The summed E-state index contributed by atoms with van der Waals surface area (Å²) in [4.78, 5) is 12.0. The molecule has 2 aliphatic rings. The van der Waals surface area contributed by atoms with Crippen LogP contribution in [0.4, 0.5) is 0 Å². The van der Waals surface area contributed by atoms with Gasteiger partial charge in [-0.2, -0.15) is 0 Å². The van der Waals surface area contributed by atoms with Crippen LogP contribution in [0.3, 0.4) is 0 Å². The maximum atomic E-state index is 12.0. The average Bonchev–Trinajstić information content (AvgIpc) is 3.03. The van der Waals surface area contributed by atoms with Crippen molar-refractivity contribution in [2.45, 2.75) is 44.4 Å². The fourth-order valence-corrected chi connectivity index (χ4v) is 4.61. The third-order valence-corrected chi connectivity index (χ3v) is 5.82. The first-order valence-electron chi connectivity index (χ1n) is 7.64. The smallest absolute Gasteiger partial charge is 0.230 e. The molecule has 1 aromatic carbocycles. The Hall–Kier alpha value is -0.960. The summed E-state index contributed by atoms with van der Waals surface area (Å²) in [5, 5.41) is 3.25. The van der Waals surface area contributed by atoms with Crippen LogP contribution in [-0.2, 0) is 10.5 Å². The van der Waals surface area contributed by atoms with Gasteiger partial charge < -0.3 is 5.32 Å². The van der Waals surface area contributed by atoms with E-state index < -0.39 is 0 Å². The summed E-state index contributed by atoms with van der Waals surface area (Å²) in [6.45, 7) is 2.13. The molecule has 0 radical (unpaired) electrons. The molecule has 0 saturated heterocycles. The standard InChI is InChI=1S/C17H23NOS/c1-12-4-2-3-5-15(12)10-20-11-17(19)18-16-9-13-6-7-14(16)8-13/h2-5,13-14,16H,6-11H2,1H3,(H,18,19)/t13-,14-,16+/m1/s1. The van der Waals surface area contributed by atoms with E-state index in [9.17, 15) is 4.79 Å². The summed E-state index contributed by atoms with van der Waals surface area (Å²) in [7, 11) is 0. The minimum atomic E-state index is 0.223. The van der Waals surface area contributed by atoms with Crippen molar-refractivity contribution in [3.05, 3.63) is 35.4 Å². The van der Waals surface area contributed by atoms with Crippen molar-refractivity contribution >= 4 is 17.7 Å². The number of carbonyl (C=O) groups excluding carboxylic acids is 1. The second-order valence-electron chi connectivity index (χ2n) is 6.27. The Morgan fingerprint density at radius 2 is 2.15 bits per heavy atom.